The summed E-state index contributed by atoms with van der Waals surface area (Å²) in [7, 11) is -3.60. The lowest BCUT2D eigenvalue weighted by molar-refractivity contribution is -0.123. The number of fused-ring (bicyclic) bond motifs is 1. The zero-order chi connectivity index (χ0) is 23.7. The van der Waals surface area contributed by atoms with Gasteiger partial charge in [0.05, 0.1) is 22.2 Å². The van der Waals surface area contributed by atoms with Gasteiger partial charge in [-0.2, -0.15) is 0 Å². The Morgan fingerprint density at radius 1 is 1.12 bits per heavy atom. The van der Waals surface area contributed by atoms with E-state index in [-0.39, 0.29) is 29.3 Å². The van der Waals surface area contributed by atoms with Crippen molar-refractivity contribution in [1.82, 2.24) is 26.4 Å². The van der Waals surface area contributed by atoms with Crippen molar-refractivity contribution < 1.29 is 17.6 Å². The van der Waals surface area contributed by atoms with E-state index in [0.29, 0.717) is 31.3 Å². The quantitative estimate of drug-likeness (QED) is 0.467. The van der Waals surface area contributed by atoms with Crippen LogP contribution >= 0.6 is 0 Å². The molecule has 34 heavy (non-hydrogen) atoms. The Balaban J connectivity index is 1.14. The highest BCUT2D eigenvalue weighted by molar-refractivity contribution is 7.92. The molecule has 6 unspecified atom stereocenters. The van der Waals surface area contributed by atoms with E-state index >= 15 is 0 Å². The number of amides is 1. The molecule has 0 radical (unpaired) electrons. The summed E-state index contributed by atoms with van der Waals surface area (Å²) >= 11 is 0. The van der Waals surface area contributed by atoms with Gasteiger partial charge < -0.3 is 16.0 Å². The standard InChI is InChI=1S/C24H36FN5O3S/c25-20-13-19(6-7-23(20)30-11-1-9-28-30)34(32,33)18-4-2-16(3-5-18)14-27-24(31)22-12-17-15-26-10-8-21(17)29-22/h2-5,17,19-23,26,28-29H,1,6-15H2,(H,27,31). The summed E-state index contributed by atoms with van der Waals surface area (Å²) in [6, 6.07) is 6.66. The average Bonchev–Trinajstić information content (AvgIpc) is 3.53. The van der Waals surface area contributed by atoms with Gasteiger partial charge in [0.15, 0.2) is 9.84 Å². The smallest absolute Gasteiger partial charge is 0.237 e. The van der Waals surface area contributed by atoms with Crippen LogP contribution in [0, 0.1) is 5.92 Å². The molecule has 1 amide bonds. The maximum atomic E-state index is 14.9. The first-order valence-electron chi connectivity index (χ1n) is 12.6. The van der Waals surface area contributed by atoms with E-state index in [4.69, 9.17) is 0 Å². The molecule has 6 atom stereocenters. The number of alkyl halides is 1. The van der Waals surface area contributed by atoms with Gasteiger partial charge in [-0.05, 0) is 75.2 Å². The molecule has 1 saturated carbocycles. The summed E-state index contributed by atoms with van der Waals surface area (Å²) in [5, 5.41) is 11.1. The maximum absolute atomic E-state index is 14.9. The number of hydrogen-bond donors (Lipinski definition) is 4. The van der Waals surface area contributed by atoms with E-state index < -0.39 is 21.3 Å². The van der Waals surface area contributed by atoms with E-state index in [2.05, 4.69) is 21.4 Å². The largest absolute Gasteiger partial charge is 0.351 e. The van der Waals surface area contributed by atoms with Crippen LogP contribution in [-0.2, 0) is 21.2 Å². The zero-order valence-corrected chi connectivity index (χ0v) is 20.3. The first kappa shape index (κ1) is 24.1. The van der Waals surface area contributed by atoms with Crippen molar-refractivity contribution in [1.29, 1.82) is 0 Å². The second kappa shape index (κ2) is 10.2. The van der Waals surface area contributed by atoms with Gasteiger partial charge in [-0.1, -0.05) is 12.1 Å². The number of piperidine rings is 1. The molecule has 4 aliphatic rings. The minimum absolute atomic E-state index is 0.00987. The molecule has 10 heteroatoms. The highest BCUT2D eigenvalue weighted by atomic mass is 32.2. The number of carbonyl (C=O) groups is 1. The van der Waals surface area contributed by atoms with Crippen LogP contribution in [-0.4, -0.2) is 75.1 Å². The lowest BCUT2D eigenvalue weighted by Crippen LogP contribution is -2.50. The number of nitrogens with zero attached hydrogens (tertiary/aromatic N) is 1. The summed E-state index contributed by atoms with van der Waals surface area (Å²) < 4.78 is 41.2. The number of nitrogens with one attached hydrogen (secondary N) is 4. The highest BCUT2D eigenvalue weighted by Gasteiger charge is 2.41. The van der Waals surface area contributed by atoms with E-state index in [1.807, 2.05) is 5.01 Å². The van der Waals surface area contributed by atoms with Crippen LogP contribution in [0.1, 0.15) is 44.1 Å². The molecule has 1 aliphatic carbocycles. The fraction of sp³-hybridized carbons (Fsp3) is 0.708. The number of rotatable bonds is 6. The van der Waals surface area contributed by atoms with Crippen LogP contribution in [0.15, 0.2) is 29.2 Å². The lowest BCUT2D eigenvalue weighted by atomic mass is 9.93. The molecule has 1 aromatic rings. The van der Waals surface area contributed by atoms with Crippen molar-refractivity contribution in [3.63, 3.8) is 0 Å². The Kier molecular flexibility index (Phi) is 7.22. The van der Waals surface area contributed by atoms with Crippen molar-refractivity contribution >= 4 is 15.7 Å². The average molecular weight is 494 g/mol. The summed E-state index contributed by atoms with van der Waals surface area (Å²) in [6.07, 6.45) is 2.76. The molecule has 8 nitrogen and oxygen atoms in total. The van der Waals surface area contributed by atoms with Gasteiger partial charge in [0.25, 0.3) is 0 Å². The molecule has 3 heterocycles. The van der Waals surface area contributed by atoms with Crippen LogP contribution in [0.5, 0.6) is 0 Å². The molecule has 0 aromatic heterocycles. The van der Waals surface area contributed by atoms with E-state index in [9.17, 15) is 17.6 Å². The van der Waals surface area contributed by atoms with Crippen molar-refractivity contribution in [2.75, 3.05) is 26.2 Å². The number of benzene rings is 1. The number of sulfone groups is 1. The molecular formula is C24H36FN5O3S. The van der Waals surface area contributed by atoms with Gasteiger partial charge in [-0.25, -0.2) is 17.8 Å². The number of hydrazine groups is 1. The van der Waals surface area contributed by atoms with Crippen LogP contribution in [0.25, 0.3) is 0 Å². The van der Waals surface area contributed by atoms with Crippen LogP contribution < -0.4 is 21.4 Å². The third-order valence-electron chi connectivity index (χ3n) is 8.02. The fourth-order valence-electron chi connectivity index (χ4n) is 6.03. The minimum Gasteiger partial charge on any atom is -0.351 e. The first-order valence-corrected chi connectivity index (χ1v) is 14.2. The van der Waals surface area contributed by atoms with E-state index in [1.165, 1.54) is 0 Å². The monoisotopic (exact) mass is 493 g/mol. The van der Waals surface area contributed by atoms with E-state index in [0.717, 1.165) is 51.0 Å². The van der Waals surface area contributed by atoms with Gasteiger partial charge in [0, 0.05) is 25.7 Å². The lowest BCUT2D eigenvalue weighted by Gasteiger charge is -2.36. The number of halogens is 1. The molecule has 5 rings (SSSR count). The molecule has 4 N–H and O–H groups in total. The van der Waals surface area contributed by atoms with Gasteiger partial charge in [0.1, 0.15) is 6.17 Å². The van der Waals surface area contributed by atoms with Crippen molar-refractivity contribution in [3.05, 3.63) is 29.8 Å². The Morgan fingerprint density at radius 3 is 2.65 bits per heavy atom. The van der Waals surface area contributed by atoms with Gasteiger partial charge in [-0.3, -0.25) is 10.2 Å². The Hall–Kier alpha value is -1.59. The first-order chi connectivity index (χ1) is 16.4. The summed E-state index contributed by atoms with van der Waals surface area (Å²) in [5.74, 6) is 0.490. The second-order valence-electron chi connectivity index (χ2n) is 10.2. The predicted octanol–water partition coefficient (Wildman–Crippen LogP) is 0.886. The molecular weight excluding hydrogens is 457 g/mol. The molecule has 188 valence electrons. The minimum atomic E-state index is -3.60. The van der Waals surface area contributed by atoms with Gasteiger partial charge in [0.2, 0.25) is 5.91 Å². The molecule has 1 aromatic carbocycles. The van der Waals surface area contributed by atoms with Crippen LogP contribution in [0.4, 0.5) is 4.39 Å². The Labute approximate surface area is 201 Å². The molecule has 0 bridgehead atoms. The van der Waals surface area contributed by atoms with Gasteiger partial charge >= 0.3 is 0 Å². The van der Waals surface area contributed by atoms with Gasteiger partial charge in [-0.15, -0.1) is 0 Å². The zero-order valence-electron chi connectivity index (χ0n) is 19.5. The molecule has 3 saturated heterocycles. The summed E-state index contributed by atoms with van der Waals surface area (Å²) in [6.45, 7) is 3.96. The van der Waals surface area contributed by atoms with Crippen molar-refractivity contribution in [3.8, 4) is 0 Å². The normalized spacial score (nSPS) is 34.6. The third kappa shape index (κ3) is 5.02. The number of hydrogen-bond acceptors (Lipinski definition) is 7. The van der Waals surface area contributed by atoms with Crippen molar-refractivity contribution in [2.24, 2.45) is 5.92 Å². The summed E-state index contributed by atoms with van der Waals surface area (Å²) in [5.41, 5.74) is 4.05. The maximum Gasteiger partial charge on any atom is 0.237 e. The SMILES string of the molecule is O=C(NCc1ccc(S(=O)(=O)C2CCC(N3CCCN3)C(F)C2)cc1)C1CC2CNCCC2N1. The van der Waals surface area contributed by atoms with Crippen molar-refractivity contribution in [2.45, 2.75) is 79.5 Å². The Bertz CT molecular complexity index is 955. The topological polar surface area (TPSA) is 103 Å². The second-order valence-corrected chi connectivity index (χ2v) is 12.4. The predicted molar refractivity (Wildman–Crippen MR) is 127 cm³/mol. The summed E-state index contributed by atoms with van der Waals surface area (Å²) in [4.78, 5) is 12.8. The fourth-order valence-corrected chi connectivity index (χ4v) is 7.82. The Morgan fingerprint density at radius 2 is 1.94 bits per heavy atom. The van der Waals surface area contributed by atoms with Crippen LogP contribution in [0.3, 0.4) is 0 Å². The molecule has 0 spiro atoms. The van der Waals surface area contributed by atoms with E-state index in [1.54, 1.807) is 24.3 Å². The molecule has 3 aliphatic heterocycles. The van der Waals surface area contributed by atoms with Crippen LogP contribution in [0.2, 0.25) is 0 Å². The third-order valence-corrected chi connectivity index (χ3v) is 10.3. The highest BCUT2D eigenvalue weighted by Crippen LogP contribution is 2.33. The number of carbonyl (C=O) groups excluding carboxylic acids is 1. The molecule has 4 fully saturated rings.